The summed E-state index contributed by atoms with van der Waals surface area (Å²) < 4.78 is 0. The van der Waals surface area contributed by atoms with Crippen LogP contribution in [0.1, 0.15) is 6.42 Å². The molecule has 0 aromatic heterocycles. The second-order valence-corrected chi connectivity index (χ2v) is 10.3. The molecule has 0 aliphatic carbocycles. The van der Waals surface area contributed by atoms with E-state index < -0.39 is 35.6 Å². The van der Waals surface area contributed by atoms with Crippen LogP contribution < -0.4 is 38.9 Å². The summed E-state index contributed by atoms with van der Waals surface area (Å²) in [6.07, 6.45) is 0.291. The number of hydrogen-bond acceptors (Lipinski definition) is 11. The van der Waals surface area contributed by atoms with E-state index in [2.05, 4.69) is 16.0 Å². The van der Waals surface area contributed by atoms with Gasteiger partial charge < -0.3 is 48.7 Å². The van der Waals surface area contributed by atoms with E-state index in [-0.39, 0.29) is 76.2 Å². The van der Waals surface area contributed by atoms with E-state index in [1.165, 1.54) is 26.5 Å². The second-order valence-electron chi connectivity index (χ2n) is 7.68. The summed E-state index contributed by atoms with van der Waals surface area (Å²) >= 11 is 0. The van der Waals surface area contributed by atoms with Crippen molar-refractivity contribution in [2.45, 2.75) is 18.8 Å². The fraction of sp³-hybridized carbons (Fsp3) is 0.632. The molecule has 19 heteroatoms. The van der Waals surface area contributed by atoms with Gasteiger partial charge in [-0.2, -0.15) is 0 Å². The number of nitrogens with zero attached hydrogens (tertiary/aromatic N) is 2. The minimum atomic E-state index is -0.896. The average Bonchev–Trinajstić information content (AvgIpc) is 2.86. The summed E-state index contributed by atoms with van der Waals surface area (Å²) in [6.45, 7) is -1.26. The lowest BCUT2D eigenvalue weighted by molar-refractivity contribution is -0.135. The molecule has 1 atom stereocenters. The van der Waals surface area contributed by atoms with E-state index in [4.69, 9.17) is 22.9 Å². The first kappa shape index (κ1) is 35.0. The van der Waals surface area contributed by atoms with Gasteiger partial charge in [0.25, 0.3) is 0 Å². The molecule has 11 N–H and O–H groups in total. The van der Waals surface area contributed by atoms with Crippen molar-refractivity contribution in [1.82, 2.24) is 25.8 Å². The number of rotatable bonds is 20. The standard InChI is InChI=1S/C19H36BN9O7S2/c20-5-17(34)28(8-13(23)30)3-2-25-16(33)6-27-19(36)12(22)10-38-37-4-1-15(32)26-7-18(35)29(11-21)9-14(24)31/h12H,1-11,20-22H2,(H2,23,30)(H2,24,31)(H,25,33)(H,26,32)(H,27,36). The molecule has 0 fully saturated rings. The quantitative estimate of drug-likeness (QED) is 0.0310. The molecule has 0 aliphatic rings. The van der Waals surface area contributed by atoms with Crippen LogP contribution in [0.25, 0.3) is 0 Å². The molecule has 0 saturated heterocycles. The van der Waals surface area contributed by atoms with Crippen molar-refractivity contribution >= 4 is 70.8 Å². The van der Waals surface area contributed by atoms with E-state index in [9.17, 15) is 33.6 Å². The van der Waals surface area contributed by atoms with Crippen molar-refractivity contribution in [3.63, 3.8) is 0 Å². The molecule has 1 unspecified atom stereocenters. The van der Waals surface area contributed by atoms with Gasteiger partial charge >= 0.3 is 0 Å². The molecule has 0 radical (unpaired) electrons. The van der Waals surface area contributed by atoms with E-state index >= 15 is 0 Å². The first-order valence-electron chi connectivity index (χ1n) is 11.5. The minimum absolute atomic E-state index is 0.0760. The van der Waals surface area contributed by atoms with Gasteiger partial charge in [-0.1, -0.05) is 21.6 Å². The van der Waals surface area contributed by atoms with E-state index in [1.54, 1.807) is 7.85 Å². The van der Waals surface area contributed by atoms with Crippen LogP contribution in [0.3, 0.4) is 0 Å². The number of nitrogens with two attached hydrogens (primary N) is 4. The van der Waals surface area contributed by atoms with Crippen LogP contribution in [-0.2, 0) is 33.6 Å². The first-order valence-corrected chi connectivity index (χ1v) is 14.0. The monoisotopic (exact) mass is 577 g/mol. The zero-order valence-electron chi connectivity index (χ0n) is 21.2. The Kier molecular flexibility index (Phi) is 18.4. The SMILES string of the molecule is BCC(=O)N(CCNC(=O)CNC(=O)C(N)CSSCCC(=O)NCC(=O)N(CN)CC(N)=O)CC(N)=O. The van der Waals surface area contributed by atoms with E-state index in [1.807, 2.05) is 0 Å². The minimum Gasteiger partial charge on any atom is -0.368 e. The number of hydrogen-bond donors (Lipinski definition) is 7. The normalized spacial score (nSPS) is 11.1. The van der Waals surface area contributed by atoms with Crippen LogP contribution in [0.5, 0.6) is 0 Å². The molecule has 0 saturated carbocycles. The lowest BCUT2D eigenvalue weighted by Gasteiger charge is -2.20. The Bertz CT molecular complexity index is 853. The van der Waals surface area contributed by atoms with Crippen molar-refractivity contribution in [2.24, 2.45) is 22.9 Å². The highest BCUT2D eigenvalue weighted by Crippen LogP contribution is 2.22. The lowest BCUT2D eigenvalue weighted by atomic mass is 10.0. The Labute approximate surface area is 229 Å². The largest absolute Gasteiger partial charge is 0.368 e. The van der Waals surface area contributed by atoms with Crippen molar-refractivity contribution in [3.8, 4) is 0 Å². The maximum Gasteiger partial charge on any atom is 0.243 e. The average molecular weight is 577 g/mol. The summed E-state index contributed by atoms with van der Waals surface area (Å²) in [4.78, 5) is 83.7. The van der Waals surface area contributed by atoms with Gasteiger partial charge in [-0.25, -0.2) is 0 Å². The number of primary amides is 2. The Balaban J connectivity index is 4.07. The Hall–Kier alpha value is -3.03. The second kappa shape index (κ2) is 20.0. The van der Waals surface area contributed by atoms with Gasteiger partial charge in [-0.05, 0) is 6.32 Å². The van der Waals surface area contributed by atoms with Gasteiger partial charge in [0, 0.05) is 31.0 Å². The van der Waals surface area contributed by atoms with Crippen molar-refractivity contribution in [2.75, 3.05) is 57.4 Å². The summed E-state index contributed by atoms with van der Waals surface area (Å²) in [7, 11) is 4.21. The highest BCUT2D eigenvalue weighted by Gasteiger charge is 2.17. The number of nitrogens with one attached hydrogen (secondary N) is 3. The molecule has 0 aromatic carbocycles. The zero-order chi connectivity index (χ0) is 29.1. The molecule has 38 heavy (non-hydrogen) atoms. The maximum atomic E-state index is 12.1. The number of carbonyl (C=O) groups excluding carboxylic acids is 7. The molecular formula is C19H36BN9O7S2. The fourth-order valence-electron chi connectivity index (χ4n) is 2.60. The Morgan fingerprint density at radius 2 is 1.45 bits per heavy atom. The molecule has 0 heterocycles. The van der Waals surface area contributed by atoms with Crippen LogP contribution in [0, 0.1) is 0 Å². The molecule has 0 aliphatic heterocycles. The number of carbonyl (C=O) groups is 7. The van der Waals surface area contributed by atoms with Crippen molar-refractivity contribution in [1.29, 1.82) is 0 Å². The highest BCUT2D eigenvalue weighted by atomic mass is 33.1. The highest BCUT2D eigenvalue weighted by molar-refractivity contribution is 8.76. The van der Waals surface area contributed by atoms with Crippen LogP contribution in [-0.4, -0.2) is 122 Å². The van der Waals surface area contributed by atoms with E-state index in [0.29, 0.717) is 5.75 Å². The molecule has 0 aromatic rings. The zero-order valence-corrected chi connectivity index (χ0v) is 22.9. The predicted molar refractivity (Wildman–Crippen MR) is 146 cm³/mol. The predicted octanol–water partition coefficient (Wildman–Crippen LogP) is -5.97. The third-order valence-electron chi connectivity index (χ3n) is 4.57. The summed E-state index contributed by atoms with van der Waals surface area (Å²) in [5, 5.41) is 7.36. The molecule has 214 valence electrons. The molecule has 7 amide bonds. The maximum absolute atomic E-state index is 12.1. The van der Waals surface area contributed by atoms with Gasteiger partial charge in [0.2, 0.25) is 41.4 Å². The van der Waals surface area contributed by atoms with Gasteiger partial charge in [-0.3, -0.25) is 33.6 Å². The third-order valence-corrected chi connectivity index (χ3v) is 7.01. The summed E-state index contributed by atoms with van der Waals surface area (Å²) in [5.41, 5.74) is 21.3. The van der Waals surface area contributed by atoms with Crippen molar-refractivity contribution in [3.05, 3.63) is 0 Å². The van der Waals surface area contributed by atoms with Gasteiger partial charge in [-0.15, -0.1) is 0 Å². The van der Waals surface area contributed by atoms with Crippen LogP contribution in [0.4, 0.5) is 0 Å². The smallest absolute Gasteiger partial charge is 0.243 e. The van der Waals surface area contributed by atoms with Crippen molar-refractivity contribution < 1.29 is 33.6 Å². The van der Waals surface area contributed by atoms with Crippen LogP contribution >= 0.6 is 21.6 Å². The summed E-state index contributed by atoms with van der Waals surface area (Å²) in [6, 6.07) is -0.896. The Morgan fingerprint density at radius 1 is 0.816 bits per heavy atom. The van der Waals surface area contributed by atoms with E-state index in [0.717, 1.165) is 4.90 Å². The van der Waals surface area contributed by atoms with Crippen LogP contribution in [0.15, 0.2) is 0 Å². The molecule has 0 rings (SSSR count). The lowest BCUT2D eigenvalue weighted by Crippen LogP contribution is -2.47. The van der Waals surface area contributed by atoms with Crippen LogP contribution in [0.2, 0.25) is 6.32 Å². The molecule has 0 spiro atoms. The third kappa shape index (κ3) is 16.7. The first-order chi connectivity index (χ1) is 17.9. The summed E-state index contributed by atoms with van der Waals surface area (Å²) in [5.74, 6) is -3.01. The molecular weight excluding hydrogens is 541 g/mol. The topological polar surface area (TPSA) is 266 Å². The molecule has 0 bridgehead atoms. The fourth-order valence-corrected chi connectivity index (χ4v) is 4.72. The van der Waals surface area contributed by atoms with Gasteiger partial charge in [0.05, 0.1) is 32.3 Å². The van der Waals surface area contributed by atoms with Gasteiger partial charge in [0.1, 0.15) is 14.4 Å². The molecule has 16 nitrogen and oxygen atoms in total. The Morgan fingerprint density at radius 3 is 2.03 bits per heavy atom. The van der Waals surface area contributed by atoms with Gasteiger partial charge in [0.15, 0.2) is 0 Å². The number of amides is 7.